The Hall–Kier alpha value is -2.57. The van der Waals surface area contributed by atoms with Crippen molar-refractivity contribution in [3.63, 3.8) is 0 Å². The van der Waals surface area contributed by atoms with Gasteiger partial charge in [0, 0.05) is 44.7 Å². The molecule has 2 heterocycles. The van der Waals surface area contributed by atoms with Crippen molar-refractivity contribution < 1.29 is 19.1 Å². The van der Waals surface area contributed by atoms with Gasteiger partial charge in [-0.1, -0.05) is 0 Å². The summed E-state index contributed by atoms with van der Waals surface area (Å²) in [6.07, 6.45) is 0.525. The standard InChI is InChI=1S/C17H21N3O4/c1-24-14-4-2-13(3-5-14)20-11-12(10-16(20)22)17(23)19-8-6-15(21)18-7-9-19/h2-5,12H,6-11H2,1H3,(H,18,21). The van der Waals surface area contributed by atoms with E-state index in [0.717, 1.165) is 11.4 Å². The fourth-order valence-corrected chi connectivity index (χ4v) is 3.13. The van der Waals surface area contributed by atoms with Gasteiger partial charge in [0.05, 0.1) is 13.0 Å². The Kier molecular flexibility index (Phi) is 4.69. The van der Waals surface area contributed by atoms with Crippen LogP contribution in [0.15, 0.2) is 24.3 Å². The molecule has 1 aromatic carbocycles. The number of rotatable bonds is 3. The highest BCUT2D eigenvalue weighted by atomic mass is 16.5. The number of carbonyl (C=O) groups is 3. The summed E-state index contributed by atoms with van der Waals surface area (Å²) < 4.78 is 5.12. The summed E-state index contributed by atoms with van der Waals surface area (Å²) >= 11 is 0. The van der Waals surface area contributed by atoms with E-state index in [1.54, 1.807) is 29.0 Å². The first kappa shape index (κ1) is 16.3. The zero-order valence-electron chi connectivity index (χ0n) is 13.7. The van der Waals surface area contributed by atoms with Gasteiger partial charge < -0.3 is 19.9 Å². The minimum absolute atomic E-state index is 0.0346. The molecular formula is C17H21N3O4. The lowest BCUT2D eigenvalue weighted by Crippen LogP contribution is -2.39. The number of hydrogen-bond donors (Lipinski definition) is 1. The Morgan fingerprint density at radius 1 is 1.21 bits per heavy atom. The molecule has 128 valence electrons. The molecule has 7 heteroatoms. The first-order valence-electron chi connectivity index (χ1n) is 8.08. The van der Waals surface area contributed by atoms with Crippen LogP contribution in [-0.2, 0) is 14.4 Å². The predicted octanol–water partition coefficient (Wildman–Crippen LogP) is 0.397. The fourth-order valence-electron chi connectivity index (χ4n) is 3.13. The number of methoxy groups -OCH3 is 1. The Labute approximate surface area is 140 Å². The van der Waals surface area contributed by atoms with Gasteiger partial charge in [0.1, 0.15) is 5.75 Å². The van der Waals surface area contributed by atoms with Gasteiger partial charge >= 0.3 is 0 Å². The summed E-state index contributed by atoms with van der Waals surface area (Å²) in [5.74, 6) is 0.235. The van der Waals surface area contributed by atoms with Crippen LogP contribution in [0.3, 0.4) is 0 Å². The third-order valence-electron chi connectivity index (χ3n) is 4.48. The lowest BCUT2D eigenvalue weighted by atomic mass is 10.1. The van der Waals surface area contributed by atoms with Gasteiger partial charge in [-0.05, 0) is 24.3 Å². The van der Waals surface area contributed by atoms with Gasteiger partial charge in [0.2, 0.25) is 17.7 Å². The van der Waals surface area contributed by atoms with E-state index >= 15 is 0 Å². The molecule has 1 unspecified atom stereocenters. The Morgan fingerprint density at radius 2 is 1.96 bits per heavy atom. The number of anilines is 1. The molecule has 0 radical (unpaired) electrons. The Balaban J connectivity index is 1.67. The SMILES string of the molecule is COc1ccc(N2CC(C(=O)N3CCNC(=O)CC3)CC2=O)cc1. The van der Waals surface area contributed by atoms with Crippen LogP contribution < -0.4 is 15.0 Å². The zero-order chi connectivity index (χ0) is 17.1. The number of benzene rings is 1. The summed E-state index contributed by atoms with van der Waals surface area (Å²) in [4.78, 5) is 39.7. The van der Waals surface area contributed by atoms with Crippen LogP contribution in [0.1, 0.15) is 12.8 Å². The highest BCUT2D eigenvalue weighted by molar-refractivity contribution is 6.00. The lowest BCUT2D eigenvalue weighted by molar-refractivity contribution is -0.135. The second-order valence-corrected chi connectivity index (χ2v) is 6.03. The van der Waals surface area contributed by atoms with E-state index in [9.17, 15) is 14.4 Å². The molecule has 1 N–H and O–H groups in total. The normalized spacial score (nSPS) is 21.5. The van der Waals surface area contributed by atoms with Crippen molar-refractivity contribution in [1.29, 1.82) is 0 Å². The number of ether oxygens (including phenoxy) is 1. The van der Waals surface area contributed by atoms with Crippen molar-refractivity contribution in [2.75, 3.05) is 38.2 Å². The molecule has 0 spiro atoms. The maximum atomic E-state index is 12.7. The first-order valence-corrected chi connectivity index (χ1v) is 8.08. The van der Waals surface area contributed by atoms with E-state index in [-0.39, 0.29) is 30.1 Å². The van der Waals surface area contributed by atoms with Gasteiger partial charge in [-0.2, -0.15) is 0 Å². The molecule has 7 nitrogen and oxygen atoms in total. The topological polar surface area (TPSA) is 79.0 Å². The smallest absolute Gasteiger partial charge is 0.228 e. The summed E-state index contributed by atoms with van der Waals surface area (Å²) in [6.45, 7) is 1.75. The van der Waals surface area contributed by atoms with Crippen LogP contribution in [0.25, 0.3) is 0 Å². The first-order chi connectivity index (χ1) is 11.6. The molecule has 2 aliphatic rings. The molecule has 0 aliphatic carbocycles. The molecule has 2 aliphatic heterocycles. The second kappa shape index (κ2) is 6.90. The highest BCUT2D eigenvalue weighted by Crippen LogP contribution is 2.28. The minimum Gasteiger partial charge on any atom is -0.497 e. The van der Waals surface area contributed by atoms with Crippen LogP contribution in [0.4, 0.5) is 5.69 Å². The molecule has 2 fully saturated rings. The van der Waals surface area contributed by atoms with Gasteiger partial charge in [-0.25, -0.2) is 0 Å². The maximum absolute atomic E-state index is 12.7. The van der Waals surface area contributed by atoms with E-state index in [0.29, 0.717) is 32.6 Å². The average Bonchev–Trinajstić information content (AvgIpc) is 2.85. The van der Waals surface area contributed by atoms with Crippen molar-refractivity contribution in [1.82, 2.24) is 10.2 Å². The monoisotopic (exact) mass is 331 g/mol. The molecule has 3 rings (SSSR count). The zero-order valence-corrected chi connectivity index (χ0v) is 13.7. The van der Waals surface area contributed by atoms with Crippen molar-refractivity contribution in [3.05, 3.63) is 24.3 Å². The quantitative estimate of drug-likeness (QED) is 0.869. The third-order valence-corrected chi connectivity index (χ3v) is 4.48. The highest BCUT2D eigenvalue weighted by Gasteiger charge is 2.37. The number of nitrogens with zero attached hydrogens (tertiary/aromatic N) is 2. The van der Waals surface area contributed by atoms with Gasteiger partial charge in [-0.15, -0.1) is 0 Å². The lowest BCUT2D eigenvalue weighted by Gasteiger charge is -2.23. The van der Waals surface area contributed by atoms with Crippen LogP contribution in [0.5, 0.6) is 5.75 Å². The van der Waals surface area contributed by atoms with Crippen LogP contribution in [0, 0.1) is 5.92 Å². The summed E-state index contributed by atoms with van der Waals surface area (Å²) in [6, 6.07) is 7.23. The van der Waals surface area contributed by atoms with E-state index < -0.39 is 0 Å². The van der Waals surface area contributed by atoms with E-state index in [1.165, 1.54) is 0 Å². The van der Waals surface area contributed by atoms with Gasteiger partial charge in [-0.3, -0.25) is 14.4 Å². The van der Waals surface area contributed by atoms with Crippen molar-refractivity contribution in [2.24, 2.45) is 5.92 Å². The van der Waals surface area contributed by atoms with Crippen molar-refractivity contribution in [2.45, 2.75) is 12.8 Å². The van der Waals surface area contributed by atoms with E-state index in [2.05, 4.69) is 5.32 Å². The number of carbonyl (C=O) groups excluding carboxylic acids is 3. The molecule has 24 heavy (non-hydrogen) atoms. The molecule has 1 atom stereocenters. The van der Waals surface area contributed by atoms with Crippen LogP contribution in [-0.4, -0.2) is 55.9 Å². The van der Waals surface area contributed by atoms with E-state index in [4.69, 9.17) is 4.74 Å². The fraction of sp³-hybridized carbons (Fsp3) is 0.471. The van der Waals surface area contributed by atoms with Crippen molar-refractivity contribution >= 4 is 23.4 Å². The Bertz CT molecular complexity index is 644. The number of amides is 3. The van der Waals surface area contributed by atoms with Crippen LogP contribution in [0.2, 0.25) is 0 Å². The summed E-state index contributed by atoms with van der Waals surface area (Å²) in [5.41, 5.74) is 0.767. The van der Waals surface area contributed by atoms with Crippen molar-refractivity contribution in [3.8, 4) is 5.75 Å². The molecule has 2 saturated heterocycles. The average molecular weight is 331 g/mol. The summed E-state index contributed by atoms with van der Waals surface area (Å²) in [5, 5.41) is 2.75. The molecular weight excluding hydrogens is 310 g/mol. The Morgan fingerprint density at radius 3 is 2.67 bits per heavy atom. The molecule has 0 saturated carbocycles. The van der Waals surface area contributed by atoms with Crippen LogP contribution >= 0.6 is 0 Å². The molecule has 0 bridgehead atoms. The second-order valence-electron chi connectivity index (χ2n) is 6.03. The number of nitrogens with one attached hydrogen (secondary N) is 1. The predicted molar refractivity (Wildman–Crippen MR) is 87.7 cm³/mol. The van der Waals surface area contributed by atoms with E-state index in [1.807, 2.05) is 12.1 Å². The molecule has 3 amide bonds. The molecule has 0 aromatic heterocycles. The largest absolute Gasteiger partial charge is 0.497 e. The van der Waals surface area contributed by atoms with Gasteiger partial charge in [0.25, 0.3) is 0 Å². The maximum Gasteiger partial charge on any atom is 0.228 e. The minimum atomic E-state index is -0.354. The van der Waals surface area contributed by atoms with Gasteiger partial charge in [0.15, 0.2) is 0 Å². The third kappa shape index (κ3) is 3.34. The summed E-state index contributed by atoms with van der Waals surface area (Å²) in [7, 11) is 1.59. The molecule has 1 aromatic rings. The number of hydrogen-bond acceptors (Lipinski definition) is 4.